The van der Waals surface area contributed by atoms with E-state index in [1.807, 2.05) is 0 Å². The lowest BCUT2D eigenvalue weighted by atomic mass is 9.99. The summed E-state index contributed by atoms with van der Waals surface area (Å²) >= 11 is 0. The number of nitrogens with zero attached hydrogens (tertiary/aromatic N) is 3. The number of pyridine rings is 1. The molecule has 1 unspecified atom stereocenters. The Morgan fingerprint density at radius 2 is 1.83 bits per heavy atom. The molecule has 1 N–H and O–H groups in total. The molecule has 0 radical (unpaired) electrons. The van der Waals surface area contributed by atoms with Crippen molar-refractivity contribution in [2.75, 3.05) is 0 Å². The van der Waals surface area contributed by atoms with E-state index in [9.17, 15) is 24.8 Å². The monoisotopic (exact) mass is 405 g/mol. The van der Waals surface area contributed by atoms with Gasteiger partial charge in [0.1, 0.15) is 17.6 Å². The number of likely N-dealkylation sites (tertiary alicyclic amines) is 1. The fraction of sp³-hybridized carbons (Fsp3) is 0.0952. The van der Waals surface area contributed by atoms with Crippen molar-refractivity contribution < 1.29 is 24.0 Å². The number of aliphatic hydroxyl groups excluding tert-OH is 1. The lowest BCUT2D eigenvalue weighted by molar-refractivity contribution is -0.384. The summed E-state index contributed by atoms with van der Waals surface area (Å²) < 4.78 is 5.46. The first-order chi connectivity index (χ1) is 14.5. The van der Waals surface area contributed by atoms with E-state index in [1.54, 1.807) is 36.7 Å². The SMILES string of the molecule is O=C1C(=O)N(Cc2ccncc2)C(c2ccco2)/C1=C(/O)c1ccc([N+](=O)[O-])cc1. The first-order valence-electron chi connectivity index (χ1n) is 8.93. The van der Waals surface area contributed by atoms with E-state index in [2.05, 4.69) is 4.98 Å². The number of furan rings is 1. The molecule has 1 fully saturated rings. The molecule has 2 aromatic heterocycles. The first-order valence-corrected chi connectivity index (χ1v) is 8.93. The molecule has 1 aliphatic rings. The van der Waals surface area contributed by atoms with Crippen LogP contribution in [-0.2, 0) is 16.1 Å². The predicted octanol–water partition coefficient (Wildman–Crippen LogP) is 3.20. The molecule has 9 heteroatoms. The Morgan fingerprint density at radius 1 is 1.13 bits per heavy atom. The van der Waals surface area contributed by atoms with E-state index in [1.165, 1.54) is 35.4 Å². The maximum atomic E-state index is 12.8. The molecule has 150 valence electrons. The van der Waals surface area contributed by atoms with Crippen LogP contribution in [0.15, 0.2) is 77.2 Å². The number of hydrogen-bond acceptors (Lipinski definition) is 7. The van der Waals surface area contributed by atoms with Crippen LogP contribution in [0, 0.1) is 10.1 Å². The van der Waals surface area contributed by atoms with Gasteiger partial charge >= 0.3 is 0 Å². The minimum absolute atomic E-state index is 0.107. The fourth-order valence-electron chi connectivity index (χ4n) is 3.37. The highest BCUT2D eigenvalue weighted by Gasteiger charge is 2.47. The van der Waals surface area contributed by atoms with Crippen molar-refractivity contribution in [3.05, 3.63) is 99.8 Å². The number of nitro benzene ring substituents is 1. The summed E-state index contributed by atoms with van der Waals surface area (Å²) in [6.07, 6.45) is 4.56. The molecule has 1 aliphatic heterocycles. The number of benzene rings is 1. The van der Waals surface area contributed by atoms with Gasteiger partial charge in [-0.05, 0) is 42.0 Å². The summed E-state index contributed by atoms with van der Waals surface area (Å²) in [5.41, 5.74) is 0.628. The van der Waals surface area contributed by atoms with Crippen LogP contribution in [0.2, 0.25) is 0 Å². The van der Waals surface area contributed by atoms with Gasteiger partial charge in [0, 0.05) is 36.6 Å². The number of aliphatic hydroxyl groups is 1. The molecule has 0 spiro atoms. The van der Waals surface area contributed by atoms with Crippen LogP contribution in [0.5, 0.6) is 0 Å². The standard InChI is InChI=1S/C21H15N3O6/c25-19(14-3-5-15(6-4-14)24(28)29)17-18(16-2-1-11-30-16)23(21(27)20(17)26)12-13-7-9-22-10-8-13/h1-11,18,25H,12H2/b19-17-. The topological polar surface area (TPSA) is 127 Å². The average molecular weight is 405 g/mol. The van der Waals surface area contributed by atoms with E-state index in [0.717, 1.165) is 5.56 Å². The Morgan fingerprint density at radius 3 is 2.43 bits per heavy atom. The summed E-state index contributed by atoms with van der Waals surface area (Å²) in [4.78, 5) is 41.2. The molecule has 1 amide bonds. The smallest absolute Gasteiger partial charge is 0.296 e. The van der Waals surface area contributed by atoms with Crippen molar-refractivity contribution in [2.45, 2.75) is 12.6 Å². The van der Waals surface area contributed by atoms with E-state index >= 15 is 0 Å². The molecule has 9 nitrogen and oxygen atoms in total. The molecule has 3 aromatic rings. The second-order valence-corrected chi connectivity index (χ2v) is 6.60. The number of carbonyl (C=O) groups is 2. The van der Waals surface area contributed by atoms with Crippen LogP contribution in [-0.4, -0.2) is 31.6 Å². The van der Waals surface area contributed by atoms with E-state index in [0.29, 0.717) is 5.76 Å². The van der Waals surface area contributed by atoms with Crippen LogP contribution >= 0.6 is 0 Å². The zero-order valence-corrected chi connectivity index (χ0v) is 15.5. The van der Waals surface area contributed by atoms with Crippen LogP contribution < -0.4 is 0 Å². The maximum Gasteiger partial charge on any atom is 0.296 e. The summed E-state index contributed by atoms with van der Waals surface area (Å²) in [7, 11) is 0. The molecular weight excluding hydrogens is 390 g/mol. The van der Waals surface area contributed by atoms with Gasteiger partial charge in [0.15, 0.2) is 0 Å². The quantitative estimate of drug-likeness (QED) is 0.227. The number of aromatic nitrogens is 1. The highest BCUT2D eigenvalue weighted by Crippen LogP contribution is 2.40. The molecule has 0 bridgehead atoms. The molecule has 1 aromatic carbocycles. The third kappa shape index (κ3) is 3.32. The van der Waals surface area contributed by atoms with Crippen LogP contribution in [0.3, 0.4) is 0 Å². The Labute approximate surface area is 170 Å². The van der Waals surface area contributed by atoms with Crippen molar-refractivity contribution in [3.63, 3.8) is 0 Å². The minimum Gasteiger partial charge on any atom is -0.507 e. The number of amides is 1. The van der Waals surface area contributed by atoms with Gasteiger partial charge in [0.25, 0.3) is 17.4 Å². The molecule has 3 heterocycles. The Hall–Kier alpha value is -4.27. The van der Waals surface area contributed by atoms with Gasteiger partial charge < -0.3 is 14.4 Å². The normalized spacial score (nSPS) is 18.0. The molecular formula is C21H15N3O6. The number of Topliss-reactive ketones (excluding diaryl/α,β-unsaturated/α-hetero) is 1. The number of ketones is 1. The molecule has 1 atom stereocenters. The predicted molar refractivity (Wildman–Crippen MR) is 104 cm³/mol. The average Bonchev–Trinajstić information content (AvgIpc) is 3.37. The molecule has 0 saturated carbocycles. The van der Waals surface area contributed by atoms with E-state index < -0.39 is 28.4 Å². The summed E-state index contributed by atoms with van der Waals surface area (Å²) in [5, 5.41) is 21.7. The van der Waals surface area contributed by atoms with Crippen molar-refractivity contribution >= 4 is 23.1 Å². The Kier molecular flexibility index (Phi) is 4.85. The number of carbonyl (C=O) groups excluding carboxylic acids is 2. The third-order valence-corrected chi connectivity index (χ3v) is 4.81. The Balaban J connectivity index is 1.80. The van der Waals surface area contributed by atoms with Crippen LogP contribution in [0.25, 0.3) is 5.76 Å². The van der Waals surface area contributed by atoms with Crippen LogP contribution in [0.4, 0.5) is 5.69 Å². The summed E-state index contributed by atoms with van der Waals surface area (Å²) in [6, 6.07) is 10.8. The number of non-ortho nitro benzene ring substituents is 1. The van der Waals surface area contributed by atoms with Crippen molar-refractivity contribution in [1.82, 2.24) is 9.88 Å². The summed E-state index contributed by atoms with van der Waals surface area (Å²) in [5.74, 6) is -1.76. The lowest BCUT2D eigenvalue weighted by Gasteiger charge is -2.23. The van der Waals surface area contributed by atoms with E-state index in [4.69, 9.17) is 4.42 Å². The minimum atomic E-state index is -0.941. The number of hydrogen-bond donors (Lipinski definition) is 1. The summed E-state index contributed by atoms with van der Waals surface area (Å²) in [6.45, 7) is 0.107. The zero-order chi connectivity index (χ0) is 21.3. The van der Waals surface area contributed by atoms with Gasteiger partial charge in [0.05, 0.1) is 16.8 Å². The van der Waals surface area contributed by atoms with Gasteiger partial charge in [-0.3, -0.25) is 24.7 Å². The van der Waals surface area contributed by atoms with Gasteiger partial charge in [0.2, 0.25) is 0 Å². The number of nitro groups is 1. The van der Waals surface area contributed by atoms with Gasteiger partial charge in [-0.1, -0.05) is 0 Å². The van der Waals surface area contributed by atoms with Gasteiger partial charge in [-0.2, -0.15) is 0 Å². The molecule has 30 heavy (non-hydrogen) atoms. The van der Waals surface area contributed by atoms with E-state index in [-0.39, 0.29) is 23.4 Å². The van der Waals surface area contributed by atoms with Gasteiger partial charge in [-0.25, -0.2) is 0 Å². The van der Waals surface area contributed by atoms with Crippen LogP contribution in [0.1, 0.15) is 22.9 Å². The second kappa shape index (κ2) is 7.63. The largest absolute Gasteiger partial charge is 0.507 e. The number of rotatable bonds is 5. The Bertz CT molecular complexity index is 1140. The first kappa shape index (κ1) is 19.1. The van der Waals surface area contributed by atoms with Crippen molar-refractivity contribution in [2.24, 2.45) is 0 Å². The molecule has 0 aliphatic carbocycles. The van der Waals surface area contributed by atoms with Gasteiger partial charge in [-0.15, -0.1) is 0 Å². The van der Waals surface area contributed by atoms with Crippen molar-refractivity contribution in [1.29, 1.82) is 0 Å². The lowest BCUT2D eigenvalue weighted by Crippen LogP contribution is -2.29. The van der Waals surface area contributed by atoms with Crippen molar-refractivity contribution in [3.8, 4) is 0 Å². The molecule has 4 rings (SSSR count). The zero-order valence-electron chi connectivity index (χ0n) is 15.5. The molecule has 1 saturated heterocycles. The highest BCUT2D eigenvalue weighted by molar-refractivity contribution is 6.46. The fourth-order valence-corrected chi connectivity index (χ4v) is 3.37. The maximum absolute atomic E-state index is 12.8. The second-order valence-electron chi connectivity index (χ2n) is 6.60. The third-order valence-electron chi connectivity index (χ3n) is 4.81. The highest BCUT2D eigenvalue weighted by atomic mass is 16.6.